The fraction of sp³-hybridized carbons (Fsp3) is 1.00. The fourth-order valence-electron chi connectivity index (χ4n) is 1.84. The van der Waals surface area contributed by atoms with Gasteiger partial charge in [0.2, 0.25) is 10.0 Å². The smallest absolute Gasteiger partial charge is 0.214 e. The monoisotopic (exact) mass is 204 g/mol. The molecule has 0 atom stereocenters. The fourth-order valence-corrected chi connectivity index (χ4v) is 3.69. The Morgan fingerprint density at radius 3 is 2.31 bits per heavy atom. The highest BCUT2D eigenvalue weighted by Gasteiger charge is 2.30. The Morgan fingerprint density at radius 2 is 1.85 bits per heavy atom. The van der Waals surface area contributed by atoms with Crippen LogP contribution in [0.4, 0.5) is 0 Å². The summed E-state index contributed by atoms with van der Waals surface area (Å²) in [6.45, 7) is 3.21. The van der Waals surface area contributed by atoms with Gasteiger partial charge in [-0.05, 0) is 18.8 Å². The van der Waals surface area contributed by atoms with Gasteiger partial charge in [-0.2, -0.15) is 0 Å². The molecule has 4 nitrogen and oxygen atoms in total. The zero-order chi connectivity index (χ0) is 9.31. The molecule has 0 aromatic heterocycles. The van der Waals surface area contributed by atoms with Crippen molar-refractivity contribution < 1.29 is 8.42 Å². The van der Waals surface area contributed by atoms with Gasteiger partial charge in [0.05, 0.1) is 5.75 Å². The van der Waals surface area contributed by atoms with E-state index in [0.29, 0.717) is 11.7 Å². The predicted octanol–water partition coefficient (Wildman–Crippen LogP) is -0.369. The Hall–Kier alpha value is -0.130. The van der Waals surface area contributed by atoms with Gasteiger partial charge in [0.15, 0.2) is 0 Å². The molecule has 13 heavy (non-hydrogen) atoms. The average molecular weight is 204 g/mol. The van der Waals surface area contributed by atoms with Crippen molar-refractivity contribution in [2.45, 2.75) is 12.8 Å². The number of nitrogens with one attached hydrogen (secondary N) is 1. The van der Waals surface area contributed by atoms with E-state index in [-0.39, 0.29) is 0 Å². The molecule has 0 aliphatic carbocycles. The molecule has 0 amide bonds. The topological polar surface area (TPSA) is 49.4 Å². The second-order valence-electron chi connectivity index (χ2n) is 3.91. The lowest BCUT2D eigenvalue weighted by molar-refractivity contribution is 0.369. The minimum Gasteiger partial charge on any atom is -0.316 e. The Balaban J connectivity index is 1.93. The minimum absolute atomic E-state index is 0.347. The van der Waals surface area contributed by atoms with Crippen molar-refractivity contribution in [3.63, 3.8) is 0 Å². The van der Waals surface area contributed by atoms with Gasteiger partial charge in [0.1, 0.15) is 0 Å². The third kappa shape index (κ3) is 2.03. The standard InChI is InChI=1S/C8H16N2O2S/c11-13(12,7-8-5-9-6-8)10-3-1-2-4-10/h8-9H,1-7H2. The average Bonchev–Trinajstić information content (AvgIpc) is 2.49. The van der Waals surface area contributed by atoms with E-state index in [4.69, 9.17) is 0 Å². The molecular formula is C8H16N2O2S. The van der Waals surface area contributed by atoms with E-state index >= 15 is 0 Å². The Morgan fingerprint density at radius 1 is 1.23 bits per heavy atom. The van der Waals surface area contributed by atoms with Crippen molar-refractivity contribution in [3.05, 3.63) is 0 Å². The summed E-state index contributed by atoms with van der Waals surface area (Å²) in [4.78, 5) is 0. The second kappa shape index (κ2) is 3.55. The van der Waals surface area contributed by atoms with Crippen molar-refractivity contribution >= 4 is 10.0 Å². The second-order valence-corrected chi connectivity index (χ2v) is 5.92. The van der Waals surface area contributed by atoms with Gasteiger partial charge in [0, 0.05) is 26.2 Å². The van der Waals surface area contributed by atoms with E-state index < -0.39 is 10.0 Å². The number of hydrogen-bond acceptors (Lipinski definition) is 3. The van der Waals surface area contributed by atoms with Crippen LogP contribution < -0.4 is 5.32 Å². The lowest BCUT2D eigenvalue weighted by Crippen LogP contribution is -2.47. The lowest BCUT2D eigenvalue weighted by Gasteiger charge is -2.28. The quantitative estimate of drug-likeness (QED) is 0.682. The summed E-state index contributed by atoms with van der Waals surface area (Å²) in [6, 6.07) is 0. The van der Waals surface area contributed by atoms with Crippen molar-refractivity contribution in [2.75, 3.05) is 31.9 Å². The maximum Gasteiger partial charge on any atom is 0.214 e. The summed E-state index contributed by atoms with van der Waals surface area (Å²) in [6.07, 6.45) is 2.06. The van der Waals surface area contributed by atoms with Crippen LogP contribution in [0.1, 0.15) is 12.8 Å². The van der Waals surface area contributed by atoms with Crippen LogP contribution in [0.3, 0.4) is 0 Å². The van der Waals surface area contributed by atoms with Crippen LogP contribution in [0.15, 0.2) is 0 Å². The third-order valence-corrected chi connectivity index (χ3v) is 4.82. The van der Waals surface area contributed by atoms with Gasteiger partial charge in [-0.15, -0.1) is 0 Å². The van der Waals surface area contributed by atoms with Crippen LogP contribution in [0.5, 0.6) is 0 Å². The molecule has 2 aliphatic heterocycles. The zero-order valence-electron chi connectivity index (χ0n) is 7.70. The maximum atomic E-state index is 11.7. The molecule has 2 rings (SSSR count). The van der Waals surface area contributed by atoms with Crippen LogP contribution in [-0.2, 0) is 10.0 Å². The summed E-state index contributed by atoms with van der Waals surface area (Å²) in [5.74, 6) is 0.700. The van der Waals surface area contributed by atoms with Crippen LogP contribution in [-0.4, -0.2) is 44.7 Å². The molecule has 5 heteroatoms. The first kappa shape index (κ1) is 9.43. The summed E-state index contributed by atoms with van der Waals surface area (Å²) < 4.78 is 25.1. The summed E-state index contributed by atoms with van der Waals surface area (Å²) in [5, 5.41) is 3.09. The van der Waals surface area contributed by atoms with Gasteiger partial charge in [-0.3, -0.25) is 0 Å². The van der Waals surface area contributed by atoms with E-state index in [1.165, 1.54) is 0 Å². The third-order valence-electron chi connectivity index (χ3n) is 2.77. The molecule has 0 aromatic carbocycles. The molecule has 0 saturated carbocycles. The van der Waals surface area contributed by atoms with E-state index in [1.54, 1.807) is 4.31 Å². The largest absolute Gasteiger partial charge is 0.316 e. The van der Waals surface area contributed by atoms with Gasteiger partial charge in [0.25, 0.3) is 0 Å². The number of nitrogens with zero attached hydrogens (tertiary/aromatic N) is 1. The van der Waals surface area contributed by atoms with Crippen molar-refractivity contribution in [1.29, 1.82) is 0 Å². The molecule has 1 N–H and O–H groups in total. The molecule has 0 radical (unpaired) electrons. The summed E-state index contributed by atoms with van der Waals surface area (Å²) in [5.41, 5.74) is 0. The number of hydrogen-bond donors (Lipinski definition) is 1. The maximum absolute atomic E-state index is 11.7. The van der Waals surface area contributed by atoms with Crippen molar-refractivity contribution in [2.24, 2.45) is 5.92 Å². The molecule has 0 aromatic rings. The van der Waals surface area contributed by atoms with E-state index in [2.05, 4.69) is 5.32 Å². The van der Waals surface area contributed by atoms with Crippen molar-refractivity contribution in [1.82, 2.24) is 9.62 Å². The van der Waals surface area contributed by atoms with Crippen LogP contribution in [0.2, 0.25) is 0 Å². The molecule has 76 valence electrons. The van der Waals surface area contributed by atoms with Gasteiger partial charge >= 0.3 is 0 Å². The highest BCUT2D eigenvalue weighted by Crippen LogP contribution is 2.16. The molecule has 2 fully saturated rings. The Kier molecular flexibility index (Phi) is 2.58. The van der Waals surface area contributed by atoms with E-state index in [1.807, 2.05) is 0 Å². The first-order chi connectivity index (χ1) is 6.18. The Labute approximate surface area is 79.4 Å². The number of rotatable bonds is 3. The van der Waals surface area contributed by atoms with Crippen LogP contribution in [0, 0.1) is 5.92 Å². The van der Waals surface area contributed by atoms with Gasteiger partial charge in [-0.25, -0.2) is 12.7 Å². The zero-order valence-corrected chi connectivity index (χ0v) is 8.52. The lowest BCUT2D eigenvalue weighted by atomic mass is 10.1. The number of sulfonamides is 1. The highest BCUT2D eigenvalue weighted by molar-refractivity contribution is 7.89. The van der Waals surface area contributed by atoms with E-state index in [9.17, 15) is 8.42 Å². The van der Waals surface area contributed by atoms with Crippen molar-refractivity contribution in [3.8, 4) is 0 Å². The minimum atomic E-state index is -2.93. The first-order valence-electron chi connectivity index (χ1n) is 4.87. The molecule has 2 saturated heterocycles. The molecule has 0 unspecified atom stereocenters. The van der Waals surface area contributed by atoms with Gasteiger partial charge in [-0.1, -0.05) is 0 Å². The summed E-state index contributed by atoms with van der Waals surface area (Å²) >= 11 is 0. The molecule has 0 bridgehead atoms. The van der Waals surface area contributed by atoms with Crippen LogP contribution >= 0.6 is 0 Å². The SMILES string of the molecule is O=S(=O)(CC1CNC1)N1CCCC1. The summed E-state index contributed by atoms with van der Waals surface area (Å²) in [7, 11) is -2.93. The van der Waals surface area contributed by atoms with Gasteiger partial charge < -0.3 is 5.32 Å². The first-order valence-corrected chi connectivity index (χ1v) is 6.48. The highest BCUT2D eigenvalue weighted by atomic mass is 32.2. The molecule has 0 spiro atoms. The van der Waals surface area contributed by atoms with E-state index in [0.717, 1.165) is 39.0 Å². The molecule has 2 heterocycles. The Bertz CT molecular complexity index is 266. The van der Waals surface area contributed by atoms with Crippen LogP contribution in [0.25, 0.3) is 0 Å². The predicted molar refractivity (Wildman–Crippen MR) is 51.0 cm³/mol. The normalized spacial score (nSPS) is 26.2. The molecular weight excluding hydrogens is 188 g/mol. The molecule has 2 aliphatic rings.